The molecule has 0 saturated heterocycles. The van der Waals surface area contributed by atoms with Crippen LogP contribution in [0.15, 0.2) is 30.3 Å². The molecule has 0 spiro atoms. The largest absolute Gasteiger partial charge is 0.384 e. The van der Waals surface area contributed by atoms with E-state index in [-0.39, 0.29) is 12.6 Å². The Kier molecular flexibility index (Phi) is 6.18. The molecular formula is C17H27NO3. The first-order valence-electron chi connectivity index (χ1n) is 7.80. The van der Waals surface area contributed by atoms with E-state index < -0.39 is 5.60 Å². The minimum absolute atomic E-state index is 0.200. The number of benzene rings is 1. The van der Waals surface area contributed by atoms with Gasteiger partial charge in [-0.05, 0) is 31.2 Å². The number of methoxy groups -OCH3 is 1. The van der Waals surface area contributed by atoms with Crippen LogP contribution in [-0.4, -0.2) is 37.6 Å². The summed E-state index contributed by atoms with van der Waals surface area (Å²) in [6.07, 6.45) is 5.35. The quantitative estimate of drug-likeness (QED) is 0.809. The lowest BCUT2D eigenvalue weighted by Gasteiger charge is -2.31. The lowest BCUT2D eigenvalue weighted by atomic mass is 9.90. The van der Waals surface area contributed by atoms with Crippen molar-refractivity contribution in [1.82, 2.24) is 0 Å². The SMILES string of the molecule is COC1CCCC(OCCC(O)(CN)c2ccccc2)C1. The van der Waals surface area contributed by atoms with Crippen LogP contribution in [0.3, 0.4) is 0 Å². The zero-order chi connectivity index (χ0) is 15.1. The number of hydrogen-bond acceptors (Lipinski definition) is 4. The monoisotopic (exact) mass is 293 g/mol. The zero-order valence-corrected chi connectivity index (χ0v) is 12.8. The van der Waals surface area contributed by atoms with Crippen LogP contribution in [0.4, 0.5) is 0 Å². The van der Waals surface area contributed by atoms with Crippen molar-refractivity contribution < 1.29 is 14.6 Å². The molecule has 0 heterocycles. The van der Waals surface area contributed by atoms with Crippen molar-refractivity contribution in [3.05, 3.63) is 35.9 Å². The molecule has 1 aliphatic rings. The van der Waals surface area contributed by atoms with Crippen molar-refractivity contribution in [3.63, 3.8) is 0 Å². The van der Waals surface area contributed by atoms with E-state index in [9.17, 15) is 5.11 Å². The van der Waals surface area contributed by atoms with Gasteiger partial charge in [0.1, 0.15) is 5.60 Å². The summed E-state index contributed by atoms with van der Waals surface area (Å²) in [6, 6.07) is 9.59. The van der Waals surface area contributed by atoms with Crippen LogP contribution in [0.25, 0.3) is 0 Å². The number of aliphatic hydroxyl groups is 1. The van der Waals surface area contributed by atoms with E-state index in [1.807, 2.05) is 30.3 Å². The number of rotatable bonds is 7. The lowest BCUT2D eigenvalue weighted by molar-refractivity contribution is -0.0537. The topological polar surface area (TPSA) is 64.7 Å². The van der Waals surface area contributed by atoms with Crippen molar-refractivity contribution >= 4 is 0 Å². The molecule has 3 unspecified atom stereocenters. The Morgan fingerprint density at radius 1 is 1.24 bits per heavy atom. The van der Waals surface area contributed by atoms with Crippen LogP contribution in [0.2, 0.25) is 0 Å². The maximum Gasteiger partial charge on any atom is 0.104 e. The van der Waals surface area contributed by atoms with Crippen molar-refractivity contribution in [2.45, 2.75) is 49.9 Å². The van der Waals surface area contributed by atoms with Crippen LogP contribution in [0.1, 0.15) is 37.7 Å². The van der Waals surface area contributed by atoms with Gasteiger partial charge in [0.05, 0.1) is 18.8 Å². The highest BCUT2D eigenvalue weighted by Crippen LogP contribution is 2.26. The van der Waals surface area contributed by atoms with Crippen LogP contribution in [0.5, 0.6) is 0 Å². The summed E-state index contributed by atoms with van der Waals surface area (Å²) >= 11 is 0. The van der Waals surface area contributed by atoms with Gasteiger partial charge in [-0.25, -0.2) is 0 Å². The second kappa shape index (κ2) is 7.90. The molecule has 4 heteroatoms. The van der Waals surface area contributed by atoms with Gasteiger partial charge in [-0.2, -0.15) is 0 Å². The molecule has 0 amide bonds. The Bertz CT molecular complexity index is 412. The molecule has 1 fully saturated rings. The predicted octanol–water partition coefficient (Wildman–Crippen LogP) is 2.20. The lowest BCUT2D eigenvalue weighted by Crippen LogP contribution is -2.37. The zero-order valence-electron chi connectivity index (χ0n) is 12.8. The third-order valence-corrected chi connectivity index (χ3v) is 4.43. The minimum Gasteiger partial charge on any atom is -0.384 e. The standard InChI is InChI=1S/C17H27NO3/c1-20-15-8-5-9-16(12-15)21-11-10-17(19,13-18)14-6-3-2-4-7-14/h2-4,6-7,15-16,19H,5,8-13,18H2,1H3. The minimum atomic E-state index is -1.00. The third-order valence-electron chi connectivity index (χ3n) is 4.43. The van der Waals surface area contributed by atoms with E-state index in [4.69, 9.17) is 15.2 Å². The van der Waals surface area contributed by atoms with Crippen LogP contribution >= 0.6 is 0 Å². The maximum absolute atomic E-state index is 10.7. The van der Waals surface area contributed by atoms with Crippen LogP contribution < -0.4 is 5.73 Å². The first kappa shape index (κ1) is 16.4. The number of nitrogens with two attached hydrogens (primary N) is 1. The Morgan fingerprint density at radius 3 is 2.62 bits per heavy atom. The maximum atomic E-state index is 10.7. The number of hydrogen-bond donors (Lipinski definition) is 2. The Labute approximate surface area is 127 Å². The van der Waals surface area contributed by atoms with Crippen molar-refractivity contribution in [2.75, 3.05) is 20.3 Å². The van der Waals surface area contributed by atoms with Gasteiger partial charge in [0.25, 0.3) is 0 Å². The summed E-state index contributed by atoms with van der Waals surface area (Å²) in [4.78, 5) is 0. The molecule has 3 N–H and O–H groups in total. The number of ether oxygens (including phenoxy) is 2. The van der Waals surface area contributed by atoms with E-state index >= 15 is 0 Å². The van der Waals surface area contributed by atoms with E-state index in [1.54, 1.807) is 7.11 Å². The Morgan fingerprint density at radius 2 is 1.95 bits per heavy atom. The van der Waals surface area contributed by atoms with Gasteiger partial charge >= 0.3 is 0 Å². The van der Waals surface area contributed by atoms with Gasteiger partial charge in [0.2, 0.25) is 0 Å². The molecular weight excluding hydrogens is 266 g/mol. The molecule has 1 aromatic rings. The summed E-state index contributed by atoms with van der Waals surface area (Å²) in [5.41, 5.74) is 5.63. The molecule has 1 aromatic carbocycles. The third kappa shape index (κ3) is 4.51. The second-order valence-corrected chi connectivity index (χ2v) is 5.87. The molecule has 118 valence electrons. The molecule has 0 aromatic heterocycles. The molecule has 0 aliphatic heterocycles. The average Bonchev–Trinajstić information content (AvgIpc) is 2.55. The highest BCUT2D eigenvalue weighted by molar-refractivity contribution is 5.22. The Balaban J connectivity index is 1.83. The Hall–Kier alpha value is -0.940. The van der Waals surface area contributed by atoms with Gasteiger partial charge in [-0.1, -0.05) is 30.3 Å². The second-order valence-electron chi connectivity index (χ2n) is 5.87. The highest BCUT2D eigenvalue weighted by Gasteiger charge is 2.28. The molecule has 2 rings (SSSR count). The molecule has 3 atom stereocenters. The predicted molar refractivity (Wildman–Crippen MR) is 83.0 cm³/mol. The van der Waals surface area contributed by atoms with E-state index in [1.165, 1.54) is 0 Å². The fourth-order valence-corrected chi connectivity index (χ4v) is 2.97. The normalized spacial score (nSPS) is 25.5. The van der Waals surface area contributed by atoms with Crippen LogP contribution in [-0.2, 0) is 15.1 Å². The van der Waals surface area contributed by atoms with E-state index in [0.717, 1.165) is 31.2 Å². The highest BCUT2D eigenvalue weighted by atomic mass is 16.5. The molecule has 1 aliphatic carbocycles. The fourth-order valence-electron chi connectivity index (χ4n) is 2.97. The van der Waals surface area contributed by atoms with Crippen molar-refractivity contribution in [3.8, 4) is 0 Å². The summed E-state index contributed by atoms with van der Waals surface area (Å²) in [7, 11) is 1.76. The molecule has 0 bridgehead atoms. The molecule has 21 heavy (non-hydrogen) atoms. The summed E-state index contributed by atoms with van der Waals surface area (Å²) < 4.78 is 11.3. The summed E-state index contributed by atoms with van der Waals surface area (Å²) in [5.74, 6) is 0. The molecule has 1 saturated carbocycles. The van der Waals surface area contributed by atoms with Crippen LogP contribution in [0, 0.1) is 0 Å². The van der Waals surface area contributed by atoms with Gasteiger partial charge in [0.15, 0.2) is 0 Å². The van der Waals surface area contributed by atoms with E-state index in [0.29, 0.717) is 19.1 Å². The molecule has 4 nitrogen and oxygen atoms in total. The van der Waals surface area contributed by atoms with Gasteiger partial charge in [-0.3, -0.25) is 0 Å². The van der Waals surface area contributed by atoms with E-state index in [2.05, 4.69) is 0 Å². The van der Waals surface area contributed by atoms with Gasteiger partial charge < -0.3 is 20.3 Å². The average molecular weight is 293 g/mol. The molecule has 0 radical (unpaired) electrons. The summed E-state index contributed by atoms with van der Waals surface area (Å²) in [6.45, 7) is 0.718. The first-order valence-corrected chi connectivity index (χ1v) is 7.80. The summed E-state index contributed by atoms with van der Waals surface area (Å²) in [5, 5.41) is 10.7. The van der Waals surface area contributed by atoms with Gasteiger partial charge in [-0.15, -0.1) is 0 Å². The van der Waals surface area contributed by atoms with Crippen molar-refractivity contribution in [2.24, 2.45) is 5.73 Å². The van der Waals surface area contributed by atoms with Crippen molar-refractivity contribution in [1.29, 1.82) is 0 Å². The first-order chi connectivity index (χ1) is 10.2. The van der Waals surface area contributed by atoms with Gasteiger partial charge in [0, 0.05) is 20.1 Å². The fraction of sp³-hybridized carbons (Fsp3) is 0.647. The smallest absolute Gasteiger partial charge is 0.104 e.